The number of rotatable bonds is 7. The zero-order valence-corrected chi connectivity index (χ0v) is 19.4. The fraction of sp³-hybridized carbons (Fsp3) is 0.0417. The summed E-state index contributed by atoms with van der Waals surface area (Å²) in [7, 11) is 1.24. The molecule has 0 bridgehead atoms. The lowest BCUT2D eigenvalue weighted by Gasteiger charge is -2.12. The van der Waals surface area contributed by atoms with E-state index in [2.05, 4.69) is 31.3 Å². The van der Waals surface area contributed by atoms with Gasteiger partial charge in [-0.05, 0) is 54.1 Å². The van der Waals surface area contributed by atoms with Gasteiger partial charge in [0.1, 0.15) is 5.70 Å². The third-order valence-electron chi connectivity index (χ3n) is 4.53. The maximum atomic E-state index is 13.1. The van der Waals surface area contributed by atoms with Crippen LogP contribution < -0.4 is 10.6 Å². The number of nitro benzene ring substituents is 1. The van der Waals surface area contributed by atoms with Gasteiger partial charge in [0, 0.05) is 27.9 Å². The molecule has 0 saturated heterocycles. The van der Waals surface area contributed by atoms with Crippen molar-refractivity contribution in [1.82, 2.24) is 5.32 Å². The van der Waals surface area contributed by atoms with Gasteiger partial charge < -0.3 is 15.4 Å². The van der Waals surface area contributed by atoms with Crippen molar-refractivity contribution in [3.05, 3.63) is 110 Å². The summed E-state index contributed by atoms with van der Waals surface area (Å²) in [4.78, 5) is 48.1. The Morgan fingerprint density at radius 1 is 0.971 bits per heavy atom. The molecular weight excluding hydrogens is 506 g/mol. The summed E-state index contributed by atoms with van der Waals surface area (Å²) in [5.74, 6) is -1.83. The number of esters is 1. The minimum atomic E-state index is -0.695. The molecule has 34 heavy (non-hydrogen) atoms. The van der Waals surface area contributed by atoms with E-state index in [0.29, 0.717) is 11.1 Å². The maximum Gasteiger partial charge on any atom is 0.337 e. The SMILES string of the molecule is COC(=O)c1cccc(NC(=O)/C(=C\c2cccc([N+](=O)[O-])c2)NC(=O)c2ccc(Br)cc2)c1. The second-order valence-corrected chi connectivity index (χ2v) is 7.81. The largest absolute Gasteiger partial charge is 0.465 e. The number of carbonyl (C=O) groups is 3. The number of benzene rings is 3. The van der Waals surface area contributed by atoms with E-state index in [-0.39, 0.29) is 22.6 Å². The molecule has 3 rings (SSSR count). The second-order valence-electron chi connectivity index (χ2n) is 6.90. The first-order valence-electron chi connectivity index (χ1n) is 9.79. The molecule has 0 saturated carbocycles. The van der Waals surface area contributed by atoms with Crippen LogP contribution in [0.2, 0.25) is 0 Å². The van der Waals surface area contributed by atoms with E-state index < -0.39 is 22.7 Å². The third-order valence-corrected chi connectivity index (χ3v) is 5.06. The molecule has 3 aromatic rings. The predicted octanol–water partition coefficient (Wildman–Crippen LogP) is 4.55. The van der Waals surface area contributed by atoms with Crippen molar-refractivity contribution in [2.24, 2.45) is 0 Å². The van der Waals surface area contributed by atoms with Crippen molar-refractivity contribution in [3.63, 3.8) is 0 Å². The number of hydrogen-bond acceptors (Lipinski definition) is 6. The molecule has 0 radical (unpaired) electrons. The summed E-state index contributed by atoms with van der Waals surface area (Å²) < 4.78 is 5.46. The summed E-state index contributed by atoms with van der Waals surface area (Å²) >= 11 is 3.29. The standard InChI is InChI=1S/C24H18BrN3O6/c1-34-24(31)17-5-3-6-19(14-17)26-23(30)21(13-15-4-2-7-20(12-15)28(32)33)27-22(29)16-8-10-18(25)11-9-16/h2-14H,1H3,(H,26,30)(H,27,29)/b21-13+. The maximum absolute atomic E-state index is 13.1. The molecule has 0 heterocycles. The van der Waals surface area contributed by atoms with Gasteiger partial charge in [-0.2, -0.15) is 0 Å². The molecule has 0 unspecified atom stereocenters. The molecular formula is C24H18BrN3O6. The third kappa shape index (κ3) is 6.36. The number of nitrogens with one attached hydrogen (secondary N) is 2. The van der Waals surface area contributed by atoms with E-state index >= 15 is 0 Å². The Morgan fingerprint density at radius 2 is 1.68 bits per heavy atom. The van der Waals surface area contributed by atoms with Crippen molar-refractivity contribution in [1.29, 1.82) is 0 Å². The molecule has 2 amide bonds. The summed E-state index contributed by atoms with van der Waals surface area (Å²) in [5, 5.41) is 16.3. The van der Waals surface area contributed by atoms with E-state index in [0.717, 1.165) is 4.47 Å². The average Bonchev–Trinajstić information content (AvgIpc) is 2.83. The Labute approximate surface area is 202 Å². The Balaban J connectivity index is 1.93. The van der Waals surface area contributed by atoms with Gasteiger partial charge in [0.05, 0.1) is 17.6 Å². The van der Waals surface area contributed by atoms with Crippen molar-refractivity contribution < 1.29 is 24.0 Å². The predicted molar refractivity (Wildman–Crippen MR) is 129 cm³/mol. The van der Waals surface area contributed by atoms with Crippen LogP contribution >= 0.6 is 15.9 Å². The van der Waals surface area contributed by atoms with Crippen LogP contribution in [-0.4, -0.2) is 29.8 Å². The minimum absolute atomic E-state index is 0.156. The quantitative estimate of drug-likeness (QED) is 0.202. The lowest BCUT2D eigenvalue weighted by Crippen LogP contribution is -2.30. The molecule has 0 aliphatic rings. The first kappa shape index (κ1) is 24.3. The van der Waals surface area contributed by atoms with E-state index in [1.807, 2.05) is 0 Å². The van der Waals surface area contributed by atoms with Gasteiger partial charge in [0.2, 0.25) is 0 Å². The molecule has 0 aliphatic heterocycles. The fourth-order valence-corrected chi connectivity index (χ4v) is 3.15. The number of nitrogens with zero attached hydrogens (tertiary/aromatic N) is 1. The number of non-ortho nitro benzene ring substituents is 1. The van der Waals surface area contributed by atoms with Gasteiger partial charge in [0.25, 0.3) is 17.5 Å². The van der Waals surface area contributed by atoms with Crippen LogP contribution in [0.4, 0.5) is 11.4 Å². The number of carbonyl (C=O) groups excluding carboxylic acids is 3. The normalized spacial score (nSPS) is 10.8. The Morgan fingerprint density at radius 3 is 2.35 bits per heavy atom. The lowest BCUT2D eigenvalue weighted by molar-refractivity contribution is -0.384. The number of halogens is 1. The van der Waals surface area contributed by atoms with Crippen LogP contribution in [0.15, 0.2) is 83.0 Å². The van der Waals surface area contributed by atoms with Gasteiger partial charge in [-0.25, -0.2) is 4.79 Å². The Bertz CT molecular complexity index is 1290. The summed E-state index contributed by atoms with van der Waals surface area (Å²) in [6, 6.07) is 18.2. The monoisotopic (exact) mass is 523 g/mol. The molecule has 3 aromatic carbocycles. The van der Waals surface area contributed by atoms with Gasteiger partial charge in [-0.3, -0.25) is 19.7 Å². The zero-order chi connectivity index (χ0) is 24.7. The Hall–Kier alpha value is -4.31. The van der Waals surface area contributed by atoms with Crippen molar-refractivity contribution in [3.8, 4) is 0 Å². The highest BCUT2D eigenvalue weighted by molar-refractivity contribution is 9.10. The van der Waals surface area contributed by atoms with Crippen LogP contribution in [0.25, 0.3) is 6.08 Å². The van der Waals surface area contributed by atoms with Gasteiger partial charge in [-0.1, -0.05) is 34.1 Å². The van der Waals surface area contributed by atoms with Crippen molar-refractivity contribution in [2.75, 3.05) is 12.4 Å². The van der Waals surface area contributed by atoms with Crippen molar-refractivity contribution in [2.45, 2.75) is 0 Å². The highest BCUT2D eigenvalue weighted by Gasteiger charge is 2.17. The topological polar surface area (TPSA) is 128 Å². The number of ether oxygens (including phenoxy) is 1. The number of nitro groups is 1. The van der Waals surface area contributed by atoms with Gasteiger partial charge in [-0.15, -0.1) is 0 Å². The average molecular weight is 524 g/mol. The Kier molecular flexibility index (Phi) is 7.88. The highest BCUT2D eigenvalue weighted by Crippen LogP contribution is 2.18. The molecule has 0 spiro atoms. The smallest absolute Gasteiger partial charge is 0.337 e. The van der Waals surface area contributed by atoms with Crippen LogP contribution in [0.5, 0.6) is 0 Å². The van der Waals surface area contributed by atoms with Gasteiger partial charge in [0.15, 0.2) is 0 Å². The molecule has 0 aliphatic carbocycles. The first-order valence-corrected chi connectivity index (χ1v) is 10.6. The fourth-order valence-electron chi connectivity index (χ4n) is 2.89. The van der Waals surface area contributed by atoms with Crippen LogP contribution in [0, 0.1) is 10.1 Å². The van der Waals surface area contributed by atoms with Crippen LogP contribution in [0.1, 0.15) is 26.3 Å². The van der Waals surface area contributed by atoms with Crippen LogP contribution in [-0.2, 0) is 9.53 Å². The van der Waals surface area contributed by atoms with E-state index in [1.165, 1.54) is 43.5 Å². The first-order chi connectivity index (χ1) is 16.3. The second kappa shape index (κ2) is 11.0. The van der Waals surface area contributed by atoms with Gasteiger partial charge >= 0.3 is 5.97 Å². The zero-order valence-electron chi connectivity index (χ0n) is 17.8. The van der Waals surface area contributed by atoms with E-state index in [4.69, 9.17) is 0 Å². The highest BCUT2D eigenvalue weighted by atomic mass is 79.9. The minimum Gasteiger partial charge on any atom is -0.465 e. The van der Waals surface area contributed by atoms with E-state index in [9.17, 15) is 24.5 Å². The molecule has 2 N–H and O–H groups in total. The molecule has 172 valence electrons. The van der Waals surface area contributed by atoms with E-state index in [1.54, 1.807) is 42.5 Å². The summed E-state index contributed by atoms with van der Waals surface area (Å²) in [5.41, 5.74) is 0.821. The number of methoxy groups -OCH3 is 1. The number of amides is 2. The van der Waals surface area contributed by atoms with Crippen LogP contribution in [0.3, 0.4) is 0 Å². The number of anilines is 1. The van der Waals surface area contributed by atoms with Crippen molar-refractivity contribution >= 4 is 51.2 Å². The lowest BCUT2D eigenvalue weighted by atomic mass is 10.1. The summed E-state index contributed by atoms with van der Waals surface area (Å²) in [6.45, 7) is 0. The molecule has 0 aromatic heterocycles. The number of hydrogen-bond donors (Lipinski definition) is 2. The molecule has 10 heteroatoms. The molecule has 0 atom stereocenters. The molecule has 0 fully saturated rings. The molecule has 9 nitrogen and oxygen atoms in total. The summed E-state index contributed by atoms with van der Waals surface area (Å²) in [6.07, 6.45) is 1.32.